The third-order valence-corrected chi connectivity index (χ3v) is 2.07. The second-order valence-electron chi connectivity index (χ2n) is 2.97. The molecular weight excluding hydrogens is 168 g/mol. The van der Waals surface area contributed by atoms with Gasteiger partial charge < -0.3 is 9.47 Å². The molecule has 0 saturated heterocycles. The SMILES string of the molecule is C/C=C/[C@H]1OC(=O)C=C(OC)[C@@H]1C. The highest BCUT2D eigenvalue weighted by Gasteiger charge is 2.27. The van der Waals surface area contributed by atoms with Crippen molar-refractivity contribution >= 4 is 5.97 Å². The third-order valence-electron chi connectivity index (χ3n) is 2.07. The van der Waals surface area contributed by atoms with E-state index in [2.05, 4.69) is 0 Å². The van der Waals surface area contributed by atoms with E-state index in [-0.39, 0.29) is 18.0 Å². The predicted octanol–water partition coefficient (Wildman–Crippen LogP) is 1.65. The van der Waals surface area contributed by atoms with Gasteiger partial charge in [0.1, 0.15) is 11.9 Å². The number of cyclic esters (lactones) is 1. The second-order valence-corrected chi connectivity index (χ2v) is 2.97. The molecule has 0 fully saturated rings. The molecule has 72 valence electrons. The number of esters is 1. The van der Waals surface area contributed by atoms with Crippen LogP contribution in [-0.4, -0.2) is 19.2 Å². The van der Waals surface area contributed by atoms with Crippen LogP contribution in [0.25, 0.3) is 0 Å². The average molecular weight is 182 g/mol. The first-order chi connectivity index (χ1) is 6.19. The van der Waals surface area contributed by atoms with E-state index in [0.717, 1.165) is 0 Å². The van der Waals surface area contributed by atoms with E-state index in [1.807, 2.05) is 26.0 Å². The van der Waals surface area contributed by atoms with E-state index in [1.165, 1.54) is 6.08 Å². The van der Waals surface area contributed by atoms with Crippen LogP contribution in [0.15, 0.2) is 24.0 Å². The van der Waals surface area contributed by atoms with Gasteiger partial charge in [-0.2, -0.15) is 0 Å². The Labute approximate surface area is 78.0 Å². The van der Waals surface area contributed by atoms with Crippen LogP contribution in [0.4, 0.5) is 0 Å². The predicted molar refractivity (Wildman–Crippen MR) is 49.0 cm³/mol. The van der Waals surface area contributed by atoms with Crippen molar-refractivity contribution in [3.63, 3.8) is 0 Å². The van der Waals surface area contributed by atoms with Crippen LogP contribution in [0, 0.1) is 5.92 Å². The number of hydrogen-bond acceptors (Lipinski definition) is 3. The summed E-state index contributed by atoms with van der Waals surface area (Å²) in [5.74, 6) is 0.441. The summed E-state index contributed by atoms with van der Waals surface area (Å²) in [4.78, 5) is 11.1. The molecule has 0 aromatic rings. The van der Waals surface area contributed by atoms with Gasteiger partial charge in [0.2, 0.25) is 0 Å². The van der Waals surface area contributed by atoms with E-state index >= 15 is 0 Å². The Bertz CT molecular complexity index is 253. The van der Waals surface area contributed by atoms with Gasteiger partial charge in [0.05, 0.1) is 19.1 Å². The summed E-state index contributed by atoms with van der Waals surface area (Å²) in [6.45, 7) is 3.86. The monoisotopic (exact) mass is 182 g/mol. The summed E-state index contributed by atoms with van der Waals surface area (Å²) in [6, 6.07) is 0. The second kappa shape index (κ2) is 4.12. The van der Waals surface area contributed by atoms with E-state index in [9.17, 15) is 4.79 Å². The van der Waals surface area contributed by atoms with E-state index in [4.69, 9.17) is 9.47 Å². The lowest BCUT2D eigenvalue weighted by Gasteiger charge is -2.26. The number of allylic oxidation sites excluding steroid dienone is 1. The zero-order valence-electron chi connectivity index (χ0n) is 8.11. The highest BCUT2D eigenvalue weighted by atomic mass is 16.6. The molecular formula is C10H14O3. The van der Waals surface area contributed by atoms with Crippen LogP contribution >= 0.6 is 0 Å². The molecule has 3 heteroatoms. The summed E-state index contributed by atoms with van der Waals surface area (Å²) >= 11 is 0. The smallest absolute Gasteiger partial charge is 0.334 e. The molecule has 0 N–H and O–H groups in total. The Balaban J connectivity index is 2.84. The Kier molecular flexibility index (Phi) is 3.12. The number of methoxy groups -OCH3 is 1. The van der Waals surface area contributed by atoms with Gasteiger partial charge in [-0.05, 0) is 13.0 Å². The maximum atomic E-state index is 11.1. The number of carbonyl (C=O) groups is 1. The number of hydrogen-bond donors (Lipinski definition) is 0. The van der Waals surface area contributed by atoms with Crippen molar-refractivity contribution in [1.82, 2.24) is 0 Å². The highest BCUT2D eigenvalue weighted by molar-refractivity contribution is 5.83. The van der Waals surface area contributed by atoms with Gasteiger partial charge in [-0.3, -0.25) is 0 Å². The molecule has 0 radical (unpaired) electrons. The maximum absolute atomic E-state index is 11.1. The van der Waals surface area contributed by atoms with Crippen LogP contribution in [0.2, 0.25) is 0 Å². The summed E-state index contributed by atoms with van der Waals surface area (Å²) < 4.78 is 10.2. The van der Waals surface area contributed by atoms with Crippen LogP contribution in [0.5, 0.6) is 0 Å². The number of ether oxygens (including phenoxy) is 2. The molecule has 0 bridgehead atoms. The topological polar surface area (TPSA) is 35.5 Å². The number of carbonyl (C=O) groups excluding carboxylic acids is 1. The summed E-state index contributed by atoms with van der Waals surface area (Å²) in [6.07, 6.45) is 4.92. The van der Waals surface area contributed by atoms with Crippen LogP contribution in [0.3, 0.4) is 0 Å². The van der Waals surface area contributed by atoms with Crippen molar-refractivity contribution < 1.29 is 14.3 Å². The molecule has 0 spiro atoms. The standard InChI is InChI=1S/C10H14O3/c1-4-5-8-7(2)9(12-3)6-10(11)13-8/h4-8H,1-3H3/b5-4+/t7-,8-/m1/s1. The fourth-order valence-corrected chi connectivity index (χ4v) is 1.32. The average Bonchev–Trinajstić information content (AvgIpc) is 2.11. The molecule has 0 aromatic carbocycles. The van der Waals surface area contributed by atoms with Gasteiger partial charge in [-0.25, -0.2) is 4.79 Å². The van der Waals surface area contributed by atoms with Gasteiger partial charge in [0.25, 0.3) is 0 Å². The first-order valence-corrected chi connectivity index (χ1v) is 4.28. The fourth-order valence-electron chi connectivity index (χ4n) is 1.32. The molecule has 0 aromatic heterocycles. The fraction of sp³-hybridized carbons (Fsp3) is 0.500. The van der Waals surface area contributed by atoms with Crippen molar-refractivity contribution in [2.45, 2.75) is 20.0 Å². The van der Waals surface area contributed by atoms with Crippen molar-refractivity contribution in [2.75, 3.05) is 7.11 Å². The molecule has 0 amide bonds. The third kappa shape index (κ3) is 2.11. The largest absolute Gasteiger partial charge is 0.500 e. The number of rotatable bonds is 2. The van der Waals surface area contributed by atoms with E-state index in [1.54, 1.807) is 7.11 Å². The zero-order chi connectivity index (χ0) is 9.84. The van der Waals surface area contributed by atoms with Crippen molar-refractivity contribution in [3.8, 4) is 0 Å². The molecule has 1 heterocycles. The summed E-state index contributed by atoms with van der Waals surface area (Å²) in [5, 5.41) is 0. The summed E-state index contributed by atoms with van der Waals surface area (Å²) in [5.41, 5.74) is 0. The normalized spacial score (nSPS) is 28.5. The van der Waals surface area contributed by atoms with Gasteiger partial charge in [0.15, 0.2) is 0 Å². The lowest BCUT2D eigenvalue weighted by molar-refractivity contribution is -0.145. The van der Waals surface area contributed by atoms with E-state index < -0.39 is 0 Å². The Morgan fingerprint density at radius 3 is 2.85 bits per heavy atom. The highest BCUT2D eigenvalue weighted by Crippen LogP contribution is 2.23. The van der Waals surface area contributed by atoms with Gasteiger partial charge in [-0.1, -0.05) is 13.0 Å². The minimum absolute atomic E-state index is 0.0962. The molecule has 1 aliphatic rings. The molecule has 2 atom stereocenters. The van der Waals surface area contributed by atoms with E-state index in [0.29, 0.717) is 5.76 Å². The molecule has 0 aliphatic carbocycles. The molecule has 13 heavy (non-hydrogen) atoms. The molecule has 3 nitrogen and oxygen atoms in total. The lowest BCUT2D eigenvalue weighted by atomic mass is 9.99. The first-order valence-electron chi connectivity index (χ1n) is 4.28. The molecule has 0 unspecified atom stereocenters. The van der Waals surface area contributed by atoms with Gasteiger partial charge >= 0.3 is 5.97 Å². The van der Waals surface area contributed by atoms with Gasteiger partial charge in [0, 0.05) is 0 Å². The van der Waals surface area contributed by atoms with Crippen molar-refractivity contribution in [1.29, 1.82) is 0 Å². The van der Waals surface area contributed by atoms with Crippen LogP contribution in [-0.2, 0) is 14.3 Å². The minimum Gasteiger partial charge on any atom is -0.500 e. The first kappa shape index (κ1) is 9.84. The summed E-state index contributed by atoms with van der Waals surface area (Å²) in [7, 11) is 1.56. The maximum Gasteiger partial charge on any atom is 0.334 e. The Morgan fingerprint density at radius 2 is 2.31 bits per heavy atom. The van der Waals surface area contributed by atoms with Crippen LogP contribution < -0.4 is 0 Å². The van der Waals surface area contributed by atoms with Crippen LogP contribution in [0.1, 0.15) is 13.8 Å². The molecule has 1 rings (SSSR count). The minimum atomic E-state index is -0.335. The zero-order valence-corrected chi connectivity index (χ0v) is 8.11. The lowest BCUT2D eigenvalue weighted by Crippen LogP contribution is -2.29. The molecule has 0 saturated carbocycles. The van der Waals surface area contributed by atoms with Gasteiger partial charge in [-0.15, -0.1) is 0 Å². The van der Waals surface area contributed by atoms with Crippen molar-refractivity contribution in [3.05, 3.63) is 24.0 Å². The van der Waals surface area contributed by atoms with Crippen molar-refractivity contribution in [2.24, 2.45) is 5.92 Å². The Morgan fingerprint density at radius 1 is 1.62 bits per heavy atom. The molecule has 1 aliphatic heterocycles. The quantitative estimate of drug-likeness (QED) is 0.481. The Hall–Kier alpha value is -1.25.